The van der Waals surface area contributed by atoms with Gasteiger partial charge < -0.3 is 29.0 Å². The molecule has 11 heteroatoms. The van der Waals surface area contributed by atoms with Gasteiger partial charge in [0.1, 0.15) is 12.7 Å². The van der Waals surface area contributed by atoms with Gasteiger partial charge in [-0.05, 0) is 18.9 Å². The first-order valence-electron chi connectivity index (χ1n) is 12.1. The largest absolute Gasteiger partial charge is 0.493 e. The highest BCUT2D eigenvalue weighted by molar-refractivity contribution is 5.98. The Bertz CT molecular complexity index is 1140. The number of carbonyl (C=O) groups excluding carboxylic acids is 4. The van der Waals surface area contributed by atoms with Gasteiger partial charge in [0.25, 0.3) is 5.91 Å². The first-order valence-corrected chi connectivity index (χ1v) is 12.1. The number of hydrogen-bond donors (Lipinski definition) is 1. The number of ether oxygens (including phenoxy) is 5. The van der Waals surface area contributed by atoms with E-state index >= 15 is 0 Å². The summed E-state index contributed by atoms with van der Waals surface area (Å²) >= 11 is 0. The number of carbonyl (C=O) groups is 4. The molecule has 1 aliphatic rings. The zero-order valence-corrected chi connectivity index (χ0v) is 21.7. The quantitative estimate of drug-likeness (QED) is 0.293. The zero-order chi connectivity index (χ0) is 27.7. The normalized spacial score (nSPS) is 19.8. The summed E-state index contributed by atoms with van der Waals surface area (Å²) in [5.74, 6) is -3.61. The molecule has 0 saturated carbocycles. The van der Waals surface area contributed by atoms with E-state index in [2.05, 4.69) is 10.3 Å². The Morgan fingerprint density at radius 3 is 2.55 bits per heavy atom. The highest BCUT2D eigenvalue weighted by Gasteiger charge is 2.34. The minimum Gasteiger partial charge on any atom is -0.493 e. The maximum absolute atomic E-state index is 13.1. The summed E-state index contributed by atoms with van der Waals surface area (Å²) in [4.78, 5) is 54.5. The van der Waals surface area contributed by atoms with Crippen LogP contribution < -0.4 is 14.8 Å². The second-order valence-corrected chi connectivity index (χ2v) is 8.86. The lowest BCUT2D eigenvalue weighted by Gasteiger charge is -2.19. The van der Waals surface area contributed by atoms with Crippen LogP contribution >= 0.6 is 0 Å². The van der Waals surface area contributed by atoms with Crippen LogP contribution in [-0.2, 0) is 35.0 Å². The van der Waals surface area contributed by atoms with Crippen LogP contribution in [0.25, 0.3) is 0 Å². The molecule has 2 heterocycles. The van der Waals surface area contributed by atoms with Crippen molar-refractivity contribution in [1.29, 1.82) is 0 Å². The topological polar surface area (TPSA) is 139 Å². The van der Waals surface area contributed by atoms with Gasteiger partial charge in [-0.2, -0.15) is 0 Å². The zero-order valence-electron chi connectivity index (χ0n) is 21.7. The number of benzene rings is 1. The van der Waals surface area contributed by atoms with Crippen LogP contribution in [0.15, 0.2) is 42.6 Å². The third kappa shape index (κ3) is 7.67. The van der Waals surface area contributed by atoms with Crippen LogP contribution in [0, 0.1) is 18.3 Å². The molecule has 1 fully saturated rings. The molecular weight excluding hydrogens is 496 g/mol. The molecule has 1 amide bonds. The van der Waals surface area contributed by atoms with Gasteiger partial charge >= 0.3 is 17.9 Å². The second kappa shape index (κ2) is 13.4. The molecule has 38 heavy (non-hydrogen) atoms. The maximum atomic E-state index is 13.1. The van der Waals surface area contributed by atoms with Gasteiger partial charge in [-0.25, -0.2) is 9.78 Å². The summed E-state index contributed by atoms with van der Waals surface area (Å²) in [6.45, 7) is 4.02. The number of nitrogens with one attached hydrogen (secondary N) is 1. The van der Waals surface area contributed by atoms with Crippen molar-refractivity contribution >= 4 is 23.8 Å². The molecule has 1 aromatic heterocycles. The molecular formula is C27H31N2O9. The van der Waals surface area contributed by atoms with Gasteiger partial charge in [-0.15, -0.1) is 0 Å². The van der Waals surface area contributed by atoms with Crippen molar-refractivity contribution in [2.75, 3.05) is 20.5 Å². The van der Waals surface area contributed by atoms with Gasteiger partial charge in [0.05, 0.1) is 18.9 Å². The van der Waals surface area contributed by atoms with E-state index in [1.54, 1.807) is 27.2 Å². The van der Waals surface area contributed by atoms with Gasteiger partial charge in [-0.3, -0.25) is 14.4 Å². The lowest BCUT2D eigenvalue weighted by Crippen LogP contribution is -2.46. The fourth-order valence-corrected chi connectivity index (χ4v) is 3.60. The number of nitrogens with zero attached hydrogens (tertiary/aromatic N) is 1. The molecule has 1 aromatic carbocycles. The summed E-state index contributed by atoms with van der Waals surface area (Å²) in [6.07, 6.45) is 2.57. The van der Waals surface area contributed by atoms with E-state index in [1.807, 2.05) is 30.3 Å². The molecule has 203 valence electrons. The minimum atomic E-state index is -1.31. The number of cyclic esters (lactones) is 2. The van der Waals surface area contributed by atoms with Gasteiger partial charge in [-0.1, -0.05) is 44.2 Å². The van der Waals surface area contributed by atoms with Crippen molar-refractivity contribution in [3.05, 3.63) is 60.3 Å². The predicted molar refractivity (Wildman–Crippen MR) is 133 cm³/mol. The number of pyridine rings is 1. The lowest BCUT2D eigenvalue weighted by atomic mass is 9.94. The van der Waals surface area contributed by atoms with Crippen LogP contribution in [0.1, 0.15) is 36.8 Å². The summed E-state index contributed by atoms with van der Waals surface area (Å²) in [5, 5.41) is 2.48. The first-order chi connectivity index (χ1) is 18.2. The summed E-state index contributed by atoms with van der Waals surface area (Å²) in [5.41, 5.74) is 0.689. The van der Waals surface area contributed by atoms with Gasteiger partial charge in [0, 0.05) is 18.7 Å². The predicted octanol–water partition coefficient (Wildman–Crippen LogP) is 2.28. The average Bonchev–Trinajstić information content (AvgIpc) is 2.94. The molecule has 2 aromatic rings. The monoisotopic (exact) mass is 527 g/mol. The molecule has 1 N–H and O–H groups in total. The molecule has 0 aliphatic carbocycles. The van der Waals surface area contributed by atoms with Crippen molar-refractivity contribution in [3.8, 4) is 11.5 Å². The summed E-state index contributed by atoms with van der Waals surface area (Å²) in [6, 6.07) is 9.52. The first kappa shape index (κ1) is 28.4. The molecule has 1 saturated heterocycles. The van der Waals surface area contributed by atoms with E-state index < -0.39 is 55.3 Å². The Kier molecular flexibility index (Phi) is 10.0. The number of hydrogen-bond acceptors (Lipinski definition) is 10. The summed E-state index contributed by atoms with van der Waals surface area (Å²) in [7, 11) is 1.36. The van der Waals surface area contributed by atoms with Crippen molar-refractivity contribution in [2.24, 2.45) is 11.8 Å². The average molecular weight is 528 g/mol. The van der Waals surface area contributed by atoms with Crippen molar-refractivity contribution < 1.29 is 42.9 Å². The minimum absolute atomic E-state index is 0.0953. The molecule has 0 unspecified atom stereocenters. The number of aromatic nitrogens is 1. The summed E-state index contributed by atoms with van der Waals surface area (Å²) < 4.78 is 26.6. The van der Waals surface area contributed by atoms with E-state index in [0.29, 0.717) is 6.42 Å². The van der Waals surface area contributed by atoms with E-state index in [9.17, 15) is 19.2 Å². The van der Waals surface area contributed by atoms with Crippen LogP contribution in [0.3, 0.4) is 0 Å². The van der Waals surface area contributed by atoms with Crippen molar-refractivity contribution in [3.63, 3.8) is 0 Å². The van der Waals surface area contributed by atoms with E-state index in [-0.39, 0.29) is 23.1 Å². The lowest BCUT2D eigenvalue weighted by molar-refractivity contribution is -0.154. The number of esters is 3. The fourth-order valence-electron chi connectivity index (χ4n) is 3.60. The Hall–Kier alpha value is -4.15. The SMILES string of the molecule is COc1ccnc(C(=O)N[C@H]2COC(=O)[C@H](Cc3ccccc3)[CH][C@H](C)OC2=O)c1OCOC(=O)C(C)C. The number of amides is 1. The Labute approximate surface area is 220 Å². The van der Waals surface area contributed by atoms with Crippen LogP contribution in [-0.4, -0.2) is 61.5 Å². The van der Waals surface area contributed by atoms with Gasteiger partial charge in [0.15, 0.2) is 23.2 Å². The van der Waals surface area contributed by atoms with E-state index in [0.717, 1.165) is 5.56 Å². The Balaban J connectivity index is 1.73. The van der Waals surface area contributed by atoms with E-state index in [4.69, 9.17) is 23.7 Å². The standard InChI is InChI=1S/C27H31N2O9/c1-16(2)25(31)37-15-36-23-21(34-4)10-11-28-22(23)24(30)29-20-14-35-26(32)19(12-17(3)38-27(20)33)13-18-8-6-5-7-9-18/h5-12,16-17,19-20H,13-15H2,1-4H3,(H,29,30)/t17-,19-,20-/m0/s1. The van der Waals surface area contributed by atoms with Crippen molar-refractivity contribution in [1.82, 2.24) is 10.3 Å². The smallest absolute Gasteiger partial charge is 0.332 e. The molecule has 0 bridgehead atoms. The van der Waals surface area contributed by atoms with Crippen LogP contribution in [0.4, 0.5) is 0 Å². The maximum Gasteiger partial charge on any atom is 0.332 e. The van der Waals surface area contributed by atoms with Crippen molar-refractivity contribution in [2.45, 2.75) is 39.3 Å². The van der Waals surface area contributed by atoms with E-state index in [1.165, 1.54) is 19.4 Å². The third-order valence-corrected chi connectivity index (χ3v) is 5.57. The van der Waals surface area contributed by atoms with Crippen LogP contribution in [0.5, 0.6) is 11.5 Å². The number of methoxy groups -OCH3 is 1. The number of rotatable bonds is 9. The molecule has 11 nitrogen and oxygen atoms in total. The molecule has 1 aliphatic heterocycles. The highest BCUT2D eigenvalue weighted by atomic mass is 16.7. The molecule has 3 atom stereocenters. The Morgan fingerprint density at radius 1 is 1.13 bits per heavy atom. The molecule has 0 spiro atoms. The highest BCUT2D eigenvalue weighted by Crippen LogP contribution is 2.30. The Morgan fingerprint density at radius 2 is 1.87 bits per heavy atom. The van der Waals surface area contributed by atoms with Crippen LogP contribution in [0.2, 0.25) is 0 Å². The fraction of sp³-hybridized carbons (Fsp3) is 0.407. The molecule has 1 radical (unpaired) electrons. The molecule has 3 rings (SSSR count). The van der Waals surface area contributed by atoms with Gasteiger partial charge in [0.2, 0.25) is 6.79 Å². The second-order valence-electron chi connectivity index (χ2n) is 8.86. The third-order valence-electron chi connectivity index (χ3n) is 5.57.